The molecule has 0 amide bonds. The van der Waals surface area contributed by atoms with E-state index in [0.29, 0.717) is 17.9 Å². The molecule has 2 rings (SSSR count). The molecular weight excluding hydrogens is 298 g/mol. The summed E-state index contributed by atoms with van der Waals surface area (Å²) in [6, 6.07) is 0.313. The van der Waals surface area contributed by atoms with Crippen LogP contribution in [0.2, 0.25) is 0 Å². The predicted molar refractivity (Wildman–Crippen MR) is 72.9 cm³/mol. The molecule has 0 aromatic carbocycles. The van der Waals surface area contributed by atoms with Crippen molar-refractivity contribution in [1.82, 2.24) is 9.97 Å². The molecule has 5 nitrogen and oxygen atoms in total. The van der Waals surface area contributed by atoms with Crippen LogP contribution in [-0.2, 0) is 4.74 Å². The van der Waals surface area contributed by atoms with Crippen molar-refractivity contribution in [2.75, 3.05) is 19.5 Å². The number of ether oxygens (including phenoxy) is 2. The summed E-state index contributed by atoms with van der Waals surface area (Å²) in [5, 5.41) is 3.33. The van der Waals surface area contributed by atoms with Crippen LogP contribution in [0.25, 0.3) is 0 Å². The molecule has 0 aliphatic heterocycles. The van der Waals surface area contributed by atoms with Gasteiger partial charge in [-0.3, -0.25) is 0 Å². The minimum Gasteiger partial charge on any atom is -0.480 e. The summed E-state index contributed by atoms with van der Waals surface area (Å²) < 4.78 is 11.3. The number of aromatic nitrogens is 2. The molecule has 1 aromatic heterocycles. The molecule has 1 saturated carbocycles. The zero-order chi connectivity index (χ0) is 13.3. The van der Waals surface area contributed by atoms with Crippen LogP contribution in [0.4, 0.5) is 5.95 Å². The number of rotatable bonds is 4. The van der Waals surface area contributed by atoms with Crippen LogP contribution < -0.4 is 10.1 Å². The molecule has 0 saturated heterocycles. The maximum Gasteiger partial charge on any atom is 0.232 e. The van der Waals surface area contributed by atoms with Gasteiger partial charge in [-0.2, -0.15) is 4.98 Å². The van der Waals surface area contributed by atoms with Gasteiger partial charge in [-0.05, 0) is 22.4 Å². The van der Waals surface area contributed by atoms with Crippen molar-refractivity contribution in [3.05, 3.63) is 10.7 Å². The summed E-state index contributed by atoms with van der Waals surface area (Å²) in [5.41, 5.74) is 0.0818. The first kappa shape index (κ1) is 13.5. The topological polar surface area (TPSA) is 56.3 Å². The largest absolute Gasteiger partial charge is 0.480 e. The first-order valence-electron chi connectivity index (χ1n) is 5.85. The van der Waals surface area contributed by atoms with Gasteiger partial charge in [-0.1, -0.05) is 13.8 Å². The second-order valence-corrected chi connectivity index (χ2v) is 5.88. The minimum absolute atomic E-state index is 0.0818. The molecule has 1 aromatic rings. The van der Waals surface area contributed by atoms with Crippen LogP contribution in [0.1, 0.15) is 20.3 Å². The Morgan fingerprint density at radius 3 is 2.72 bits per heavy atom. The van der Waals surface area contributed by atoms with E-state index in [9.17, 15) is 0 Å². The third kappa shape index (κ3) is 2.31. The van der Waals surface area contributed by atoms with Crippen molar-refractivity contribution in [2.24, 2.45) is 5.41 Å². The molecule has 1 N–H and O–H groups in total. The highest BCUT2D eigenvalue weighted by atomic mass is 79.9. The fraction of sp³-hybridized carbons (Fsp3) is 0.667. The van der Waals surface area contributed by atoms with E-state index in [4.69, 9.17) is 9.47 Å². The van der Waals surface area contributed by atoms with Crippen molar-refractivity contribution in [3.8, 4) is 5.88 Å². The fourth-order valence-corrected chi connectivity index (χ4v) is 2.60. The second kappa shape index (κ2) is 5.01. The number of hydrogen-bond acceptors (Lipinski definition) is 5. The summed E-state index contributed by atoms with van der Waals surface area (Å²) in [4.78, 5) is 8.53. The van der Waals surface area contributed by atoms with Crippen molar-refractivity contribution in [2.45, 2.75) is 32.4 Å². The van der Waals surface area contributed by atoms with Crippen molar-refractivity contribution >= 4 is 21.9 Å². The normalized spacial score (nSPS) is 25.4. The highest BCUT2D eigenvalue weighted by molar-refractivity contribution is 9.10. The SMILES string of the molecule is COc1nc(NC2CC(OC)C2(C)C)ncc1Br. The van der Waals surface area contributed by atoms with Crippen molar-refractivity contribution < 1.29 is 9.47 Å². The number of nitrogens with one attached hydrogen (secondary N) is 1. The van der Waals surface area contributed by atoms with Gasteiger partial charge in [-0.25, -0.2) is 4.98 Å². The molecule has 6 heteroatoms. The van der Waals surface area contributed by atoms with Gasteiger partial charge in [0.25, 0.3) is 0 Å². The molecule has 1 aliphatic rings. The Bertz CT molecular complexity index is 439. The molecule has 0 radical (unpaired) electrons. The molecule has 0 bridgehead atoms. The average Bonchev–Trinajstić information content (AvgIpc) is 2.35. The van der Waals surface area contributed by atoms with Gasteiger partial charge in [0.1, 0.15) is 0 Å². The lowest BCUT2D eigenvalue weighted by molar-refractivity contribution is -0.0796. The summed E-state index contributed by atoms with van der Waals surface area (Å²) >= 11 is 3.33. The average molecular weight is 316 g/mol. The quantitative estimate of drug-likeness (QED) is 0.925. The van der Waals surface area contributed by atoms with E-state index in [1.54, 1.807) is 20.4 Å². The Labute approximate surface area is 115 Å². The maximum atomic E-state index is 5.42. The van der Waals surface area contributed by atoms with Crippen LogP contribution in [0.15, 0.2) is 10.7 Å². The van der Waals surface area contributed by atoms with E-state index in [2.05, 4.69) is 45.1 Å². The molecule has 1 aliphatic carbocycles. The van der Waals surface area contributed by atoms with E-state index in [-0.39, 0.29) is 11.5 Å². The van der Waals surface area contributed by atoms with Gasteiger partial charge < -0.3 is 14.8 Å². The number of anilines is 1. The first-order chi connectivity index (χ1) is 8.48. The monoisotopic (exact) mass is 315 g/mol. The van der Waals surface area contributed by atoms with Gasteiger partial charge in [0.15, 0.2) is 0 Å². The van der Waals surface area contributed by atoms with Gasteiger partial charge in [0.05, 0.1) is 23.9 Å². The van der Waals surface area contributed by atoms with E-state index in [1.165, 1.54) is 0 Å². The number of hydrogen-bond donors (Lipinski definition) is 1. The van der Waals surface area contributed by atoms with Crippen LogP contribution in [0.5, 0.6) is 5.88 Å². The fourth-order valence-electron chi connectivity index (χ4n) is 2.25. The summed E-state index contributed by atoms with van der Waals surface area (Å²) in [6.45, 7) is 4.36. The Hall–Kier alpha value is -0.880. The van der Waals surface area contributed by atoms with E-state index >= 15 is 0 Å². The van der Waals surface area contributed by atoms with E-state index < -0.39 is 0 Å². The van der Waals surface area contributed by atoms with Crippen molar-refractivity contribution in [1.29, 1.82) is 0 Å². The van der Waals surface area contributed by atoms with Gasteiger partial charge in [-0.15, -0.1) is 0 Å². The van der Waals surface area contributed by atoms with Gasteiger partial charge in [0.2, 0.25) is 11.8 Å². The van der Waals surface area contributed by atoms with E-state index in [1.807, 2.05) is 0 Å². The number of nitrogens with zero attached hydrogens (tertiary/aromatic N) is 2. The standard InChI is InChI=1S/C12H18BrN3O2/c1-12(2)8(5-9(12)17-3)15-11-14-6-7(13)10(16-11)18-4/h6,8-9H,5H2,1-4H3,(H,14,15,16). The molecule has 2 atom stereocenters. The number of methoxy groups -OCH3 is 2. The number of halogens is 1. The molecule has 18 heavy (non-hydrogen) atoms. The Morgan fingerprint density at radius 2 is 2.17 bits per heavy atom. The second-order valence-electron chi connectivity index (χ2n) is 5.03. The smallest absolute Gasteiger partial charge is 0.232 e. The van der Waals surface area contributed by atoms with Crippen LogP contribution in [0.3, 0.4) is 0 Å². The summed E-state index contributed by atoms with van der Waals surface area (Å²) in [6.07, 6.45) is 2.94. The highest BCUT2D eigenvalue weighted by Crippen LogP contribution is 2.43. The molecule has 1 fully saturated rings. The molecule has 100 valence electrons. The lowest BCUT2D eigenvalue weighted by Gasteiger charge is -2.51. The lowest BCUT2D eigenvalue weighted by Crippen LogP contribution is -2.57. The molecule has 0 spiro atoms. The van der Waals surface area contributed by atoms with E-state index in [0.717, 1.165) is 10.9 Å². The van der Waals surface area contributed by atoms with Gasteiger partial charge >= 0.3 is 0 Å². The first-order valence-corrected chi connectivity index (χ1v) is 6.64. The Kier molecular flexibility index (Phi) is 3.77. The zero-order valence-corrected chi connectivity index (χ0v) is 12.6. The highest BCUT2D eigenvalue weighted by Gasteiger charge is 2.48. The molecule has 1 heterocycles. The minimum atomic E-state index is 0.0818. The van der Waals surface area contributed by atoms with Gasteiger partial charge in [0, 0.05) is 18.6 Å². The van der Waals surface area contributed by atoms with Crippen LogP contribution >= 0.6 is 15.9 Å². The molecular formula is C12H18BrN3O2. The molecule has 2 unspecified atom stereocenters. The Morgan fingerprint density at radius 1 is 1.44 bits per heavy atom. The van der Waals surface area contributed by atoms with Crippen molar-refractivity contribution in [3.63, 3.8) is 0 Å². The van der Waals surface area contributed by atoms with Crippen LogP contribution in [-0.4, -0.2) is 36.3 Å². The summed E-state index contributed by atoms with van der Waals surface area (Å²) in [7, 11) is 3.34. The third-order valence-corrected chi connectivity index (χ3v) is 4.21. The maximum absolute atomic E-state index is 5.42. The lowest BCUT2D eigenvalue weighted by atomic mass is 9.64. The van der Waals surface area contributed by atoms with Crippen LogP contribution in [0, 0.1) is 5.41 Å². The summed E-state index contributed by atoms with van der Waals surface area (Å²) in [5.74, 6) is 1.12. The predicted octanol–water partition coefficient (Wildman–Crippen LogP) is 2.47. The Balaban J connectivity index is 2.07. The zero-order valence-electron chi connectivity index (χ0n) is 11.0. The third-order valence-electron chi connectivity index (χ3n) is 3.67.